The summed E-state index contributed by atoms with van der Waals surface area (Å²) in [6.45, 7) is 1.67. The quantitative estimate of drug-likeness (QED) is 0.800. The molecular formula is C17H15NO2. The van der Waals surface area contributed by atoms with Gasteiger partial charge >= 0.3 is 0 Å². The lowest BCUT2D eigenvalue weighted by atomic mass is 10.0. The minimum absolute atomic E-state index is 0.0199. The molecule has 2 aromatic carbocycles. The molecule has 3 heteroatoms. The second-order valence-corrected chi connectivity index (χ2v) is 4.92. The lowest BCUT2D eigenvalue weighted by molar-refractivity contribution is 0.0651. The van der Waals surface area contributed by atoms with E-state index in [0.29, 0.717) is 16.7 Å². The van der Waals surface area contributed by atoms with Gasteiger partial charge in [-0.25, -0.2) is 0 Å². The van der Waals surface area contributed by atoms with E-state index in [1.807, 2.05) is 23.1 Å². The molecule has 0 N–H and O–H groups in total. The first-order valence-electron chi connectivity index (χ1n) is 6.75. The summed E-state index contributed by atoms with van der Waals surface area (Å²) in [6, 6.07) is 16.1. The van der Waals surface area contributed by atoms with Gasteiger partial charge in [-0.3, -0.25) is 9.59 Å². The fraction of sp³-hybridized carbons (Fsp3) is 0.176. The van der Waals surface area contributed by atoms with Crippen molar-refractivity contribution in [2.75, 3.05) is 13.1 Å². The Morgan fingerprint density at radius 3 is 1.85 bits per heavy atom. The van der Waals surface area contributed by atoms with Crippen molar-refractivity contribution in [3.8, 4) is 0 Å². The second-order valence-electron chi connectivity index (χ2n) is 4.92. The van der Waals surface area contributed by atoms with Crippen LogP contribution in [-0.2, 0) is 0 Å². The van der Waals surface area contributed by atoms with Gasteiger partial charge in [0, 0.05) is 29.8 Å². The van der Waals surface area contributed by atoms with Gasteiger partial charge < -0.3 is 4.90 Å². The summed E-state index contributed by atoms with van der Waals surface area (Å²) in [6.07, 6.45) is 1.08. The van der Waals surface area contributed by atoms with Gasteiger partial charge in [0.1, 0.15) is 0 Å². The number of hydrogen-bond donors (Lipinski definition) is 0. The third-order valence-corrected chi connectivity index (χ3v) is 3.57. The Morgan fingerprint density at radius 2 is 1.30 bits per heavy atom. The van der Waals surface area contributed by atoms with Crippen molar-refractivity contribution in [2.45, 2.75) is 6.42 Å². The van der Waals surface area contributed by atoms with Gasteiger partial charge in [0.05, 0.1) is 0 Å². The number of rotatable bonds is 3. The molecular weight excluding hydrogens is 250 g/mol. The molecule has 1 fully saturated rings. The van der Waals surface area contributed by atoms with Gasteiger partial charge in [-0.1, -0.05) is 42.5 Å². The summed E-state index contributed by atoms with van der Waals surface area (Å²) in [5.41, 5.74) is 1.92. The minimum Gasteiger partial charge on any atom is -0.339 e. The van der Waals surface area contributed by atoms with Crippen LogP contribution in [0.2, 0.25) is 0 Å². The van der Waals surface area contributed by atoms with Crippen LogP contribution >= 0.6 is 0 Å². The molecule has 0 aliphatic carbocycles. The largest absolute Gasteiger partial charge is 0.339 e. The highest BCUT2D eigenvalue weighted by Crippen LogP contribution is 2.15. The number of benzene rings is 2. The fourth-order valence-corrected chi connectivity index (χ4v) is 2.22. The third kappa shape index (κ3) is 2.35. The Kier molecular flexibility index (Phi) is 3.33. The first-order valence-corrected chi connectivity index (χ1v) is 6.75. The molecule has 1 saturated heterocycles. The van der Waals surface area contributed by atoms with Crippen LogP contribution in [0.1, 0.15) is 32.7 Å². The molecule has 0 aromatic heterocycles. The summed E-state index contributed by atoms with van der Waals surface area (Å²) in [5.74, 6) is 0.0310. The van der Waals surface area contributed by atoms with Gasteiger partial charge in [0.15, 0.2) is 5.78 Å². The molecule has 1 amide bonds. The van der Waals surface area contributed by atoms with Crippen LogP contribution in [0.25, 0.3) is 0 Å². The Bertz CT molecular complexity index is 628. The van der Waals surface area contributed by atoms with E-state index in [0.717, 1.165) is 19.5 Å². The molecule has 0 bridgehead atoms. The van der Waals surface area contributed by atoms with E-state index in [-0.39, 0.29) is 11.7 Å². The van der Waals surface area contributed by atoms with Crippen LogP contribution in [0.3, 0.4) is 0 Å². The Labute approximate surface area is 117 Å². The predicted octanol–water partition coefficient (Wildman–Crippen LogP) is 2.76. The number of amides is 1. The highest BCUT2D eigenvalue weighted by atomic mass is 16.2. The van der Waals surface area contributed by atoms with E-state index in [1.165, 1.54) is 0 Å². The zero-order chi connectivity index (χ0) is 13.9. The molecule has 3 rings (SSSR count). The molecule has 0 radical (unpaired) electrons. The lowest BCUT2D eigenvalue weighted by Crippen LogP contribution is -2.41. The van der Waals surface area contributed by atoms with Gasteiger partial charge in [-0.15, -0.1) is 0 Å². The van der Waals surface area contributed by atoms with Gasteiger partial charge in [-0.05, 0) is 18.6 Å². The SMILES string of the molecule is O=C(c1ccccc1)c1ccc(C(=O)N2CCC2)cc1. The number of nitrogens with zero attached hydrogens (tertiary/aromatic N) is 1. The average molecular weight is 265 g/mol. The smallest absolute Gasteiger partial charge is 0.253 e. The van der Waals surface area contributed by atoms with E-state index in [2.05, 4.69) is 0 Å². The van der Waals surface area contributed by atoms with Crippen molar-refractivity contribution in [3.05, 3.63) is 71.3 Å². The molecule has 100 valence electrons. The fourth-order valence-electron chi connectivity index (χ4n) is 2.22. The molecule has 0 spiro atoms. The normalized spacial score (nSPS) is 13.7. The first kappa shape index (κ1) is 12.6. The minimum atomic E-state index is -0.0199. The van der Waals surface area contributed by atoms with Gasteiger partial charge in [0.2, 0.25) is 0 Å². The first-order chi connectivity index (χ1) is 9.75. The predicted molar refractivity (Wildman–Crippen MR) is 76.8 cm³/mol. The summed E-state index contributed by atoms with van der Waals surface area (Å²) >= 11 is 0. The zero-order valence-corrected chi connectivity index (χ0v) is 11.1. The highest BCUT2D eigenvalue weighted by Gasteiger charge is 2.21. The van der Waals surface area contributed by atoms with Crippen LogP contribution in [-0.4, -0.2) is 29.7 Å². The molecule has 1 aliphatic heterocycles. The number of carbonyl (C=O) groups is 2. The van der Waals surface area contributed by atoms with E-state index in [1.54, 1.807) is 36.4 Å². The highest BCUT2D eigenvalue weighted by molar-refractivity contribution is 6.09. The van der Waals surface area contributed by atoms with Gasteiger partial charge in [0.25, 0.3) is 5.91 Å². The van der Waals surface area contributed by atoms with Crippen molar-refractivity contribution in [3.63, 3.8) is 0 Å². The number of ketones is 1. The molecule has 3 nitrogen and oxygen atoms in total. The number of carbonyl (C=O) groups excluding carboxylic acids is 2. The monoisotopic (exact) mass is 265 g/mol. The van der Waals surface area contributed by atoms with Crippen LogP contribution in [0.4, 0.5) is 0 Å². The van der Waals surface area contributed by atoms with Crippen LogP contribution in [0.5, 0.6) is 0 Å². The van der Waals surface area contributed by atoms with Crippen molar-refractivity contribution >= 4 is 11.7 Å². The molecule has 2 aromatic rings. The van der Waals surface area contributed by atoms with Gasteiger partial charge in [-0.2, -0.15) is 0 Å². The van der Waals surface area contributed by atoms with Crippen LogP contribution in [0.15, 0.2) is 54.6 Å². The van der Waals surface area contributed by atoms with Crippen molar-refractivity contribution in [2.24, 2.45) is 0 Å². The van der Waals surface area contributed by atoms with Crippen molar-refractivity contribution in [1.82, 2.24) is 4.90 Å². The Morgan fingerprint density at radius 1 is 0.750 bits per heavy atom. The van der Waals surface area contributed by atoms with E-state index >= 15 is 0 Å². The number of hydrogen-bond acceptors (Lipinski definition) is 2. The van der Waals surface area contributed by atoms with E-state index < -0.39 is 0 Å². The van der Waals surface area contributed by atoms with E-state index in [9.17, 15) is 9.59 Å². The topological polar surface area (TPSA) is 37.4 Å². The summed E-state index contributed by atoms with van der Waals surface area (Å²) in [4.78, 5) is 26.1. The molecule has 0 saturated carbocycles. The maximum Gasteiger partial charge on any atom is 0.253 e. The maximum atomic E-state index is 12.2. The standard InChI is InChI=1S/C17H15NO2/c19-16(13-5-2-1-3-6-13)14-7-9-15(10-8-14)17(20)18-11-4-12-18/h1-3,5-10H,4,11-12H2. The summed E-state index contributed by atoms with van der Waals surface area (Å²) in [5, 5.41) is 0. The Hall–Kier alpha value is -2.42. The molecule has 0 atom stereocenters. The third-order valence-electron chi connectivity index (χ3n) is 3.57. The zero-order valence-electron chi connectivity index (χ0n) is 11.1. The summed E-state index contributed by atoms with van der Waals surface area (Å²) < 4.78 is 0. The lowest BCUT2D eigenvalue weighted by Gasteiger charge is -2.30. The number of likely N-dealkylation sites (tertiary alicyclic amines) is 1. The van der Waals surface area contributed by atoms with Crippen LogP contribution in [0, 0.1) is 0 Å². The molecule has 1 heterocycles. The second kappa shape index (κ2) is 5.29. The summed E-state index contributed by atoms with van der Waals surface area (Å²) in [7, 11) is 0. The van der Waals surface area contributed by atoms with Crippen molar-refractivity contribution in [1.29, 1.82) is 0 Å². The Balaban J connectivity index is 1.79. The average Bonchev–Trinajstić information content (AvgIpc) is 2.46. The van der Waals surface area contributed by atoms with Crippen LogP contribution < -0.4 is 0 Å². The molecule has 0 unspecified atom stereocenters. The molecule has 1 aliphatic rings. The molecule has 20 heavy (non-hydrogen) atoms. The maximum absolute atomic E-state index is 12.2. The van der Waals surface area contributed by atoms with E-state index in [4.69, 9.17) is 0 Å². The van der Waals surface area contributed by atoms with Crippen molar-refractivity contribution < 1.29 is 9.59 Å².